The molecule has 8 saturated heterocycles. The lowest BCUT2D eigenvalue weighted by atomic mass is 9.94. The van der Waals surface area contributed by atoms with Crippen LogP contribution in [0.2, 0.25) is 0 Å². The summed E-state index contributed by atoms with van der Waals surface area (Å²) in [4.78, 5) is 11.0. The van der Waals surface area contributed by atoms with Crippen molar-refractivity contribution in [3.63, 3.8) is 0 Å². The van der Waals surface area contributed by atoms with E-state index in [1.165, 1.54) is 19.8 Å². The summed E-state index contributed by atoms with van der Waals surface area (Å²) in [6.45, 7) is 36.7. The van der Waals surface area contributed by atoms with Crippen LogP contribution in [0.3, 0.4) is 0 Å². The zero-order valence-electron chi connectivity index (χ0n) is 77.2. The van der Waals surface area contributed by atoms with Crippen LogP contribution in [0.5, 0.6) is 0 Å². The maximum atomic E-state index is 13.7. The van der Waals surface area contributed by atoms with Gasteiger partial charge in [0.15, 0.2) is 0 Å². The Bertz CT molecular complexity index is 3340. The SMILES string of the molecule is CC(C)N(C(C)C)P(OCCC#N)O[C@@H]1C[C@@H](C)[C@@H]2C[C@@H](C)O[C@@H]21.CO[C@@H]1C[C@@H](C)[C@@H]2C[C@@H](C)O[C@@H]21.CO[C@@H]1C[C@@H](O)[C@@H]2C[C@@H](C)O[C@@H]21.CO[C@@H]1C[C@@H](OC(C)=O)[C@@H]2C[C@@H](C)O[C@@H]21.CO[C@@H]1C[C@@H](OP(=O)(OCCC#N)O[C@@H]2C[C@@H](C)[C@@H]3C[C@@H](C)O[C@@H]32)[C@@H]2C[C@@H](C)O[C@@H]21.CO[C@@H]1C[C@@H](OP(OCCC#N)O[C@@H]2C[C@@H](C)[C@@H]3C[C@@H](C)O[C@@H]32)[C@@H]2C[C@@H](C)O[C@@H]21. The Labute approximate surface area is 732 Å². The number of nitrogens with zero attached hydrogens (tertiary/aromatic N) is 4. The fourth-order valence-electron chi connectivity index (χ4n) is 23.6. The molecule has 122 heavy (non-hydrogen) atoms. The minimum absolute atomic E-state index is 0.00281. The second-order valence-corrected chi connectivity index (χ2v) is 42.9. The largest absolute Gasteiger partial charge is 0.475 e. The van der Waals surface area contributed by atoms with E-state index in [9.17, 15) is 14.5 Å². The standard InChI is InChI=1S/C21H34NO7P.C21H34NO6P.C18H33N2O3P.C11H18O4.C10H18O2.C9H16O3/c1-12-8-19(20-15(12)9-13(2)26-20)29-30(23,25-7-5-6-22)28-17-11-18(24-4)21-16(17)10-14(3)27-21;1-12-8-19(20-15(12)9-13(2)25-20)28-29(24-7-5-6-22)27-17-11-18(23-4)21-16(17)10-14(3)26-21;1-12(2)20(13(3)4)24(21-9-7-8-19)23-17-10-14(5)16-11-15(6)22-18(16)17;1-6-4-8-9(15-7(2)12)5-10(13-3)11(8)14-6;1-6-4-9(11-3)10-8(6)5-7(2)12-10;1-5-3-6-7(10)4-8(11-2)9(6)12-5/h12-21H,5,7-11H2,1-4H3;12-21H,5,7-11H2,1-4H3;12-18H,7,9-11H2,1-6H3;6,8-11H,4-5H2,1-3H3;6-10H,4-5H2,1-3H3;5-10H,3-4H2,1-2H3/t12-,13-,14-,15+,16+,17-,18-,19-,20+,21+,30?;12-,13-,14-,15+,16+,17-,18-,19-,20+,21+,29?;14-,15-,16+,17-,18+,24?;6-,8+,9-,10-,11+;6-,7-,8+,9-,10+;5-,6+,7-,8-,9+/m111111/s1. The van der Waals surface area contributed by atoms with Crippen LogP contribution in [0.15, 0.2) is 0 Å². The van der Waals surface area contributed by atoms with E-state index in [1.807, 2.05) is 13.0 Å². The van der Waals surface area contributed by atoms with Gasteiger partial charge in [-0.2, -0.15) is 15.8 Å². The molecule has 43 atom stereocenters. The molecule has 32 heteroatoms. The number of hydrogen-bond acceptors (Lipinski definition) is 29. The first kappa shape index (κ1) is 101. The van der Waals surface area contributed by atoms with Crippen molar-refractivity contribution in [2.75, 3.05) is 55.4 Å². The lowest BCUT2D eigenvalue weighted by Crippen LogP contribution is -2.36. The van der Waals surface area contributed by atoms with Crippen molar-refractivity contribution in [3.05, 3.63) is 0 Å². The molecule has 0 bridgehead atoms. The van der Waals surface area contributed by atoms with Crippen LogP contribution in [0.4, 0.5) is 0 Å². The van der Waals surface area contributed by atoms with Gasteiger partial charge >= 0.3 is 22.4 Å². The predicted octanol–water partition coefficient (Wildman–Crippen LogP) is 15.8. The Morgan fingerprint density at radius 3 is 1.09 bits per heavy atom. The molecular formula is C90H153N4O25P3. The lowest BCUT2D eigenvalue weighted by molar-refractivity contribution is -0.148. The predicted molar refractivity (Wildman–Crippen MR) is 455 cm³/mol. The van der Waals surface area contributed by atoms with Crippen LogP contribution in [-0.2, 0) is 112 Å². The molecule has 8 aliphatic carbocycles. The Morgan fingerprint density at radius 1 is 0.377 bits per heavy atom. The highest BCUT2D eigenvalue weighted by molar-refractivity contribution is 7.48. The van der Waals surface area contributed by atoms with Crippen molar-refractivity contribution < 1.29 is 117 Å². The molecule has 8 saturated carbocycles. The zero-order chi connectivity index (χ0) is 88.3. The third-order valence-corrected chi connectivity index (χ3v) is 33.9. The van der Waals surface area contributed by atoms with Gasteiger partial charge in [-0.05, 0) is 207 Å². The van der Waals surface area contributed by atoms with E-state index in [-0.39, 0.29) is 171 Å². The number of aliphatic hydroxyl groups is 1. The van der Waals surface area contributed by atoms with Gasteiger partial charge in [0.05, 0.1) is 222 Å². The minimum atomic E-state index is -3.89. The molecular weight excluding hydrogens is 1630 g/mol. The molecule has 3 unspecified atom stereocenters. The molecule has 0 aromatic carbocycles. The smallest absolute Gasteiger partial charge is 0.462 e. The molecule has 16 rings (SSSR count). The number of nitriles is 3. The average Bonchev–Trinajstić information content (AvgIpc) is 1.62. The quantitative estimate of drug-likeness (QED) is 0.0432. The molecule has 0 amide bonds. The number of aliphatic hydroxyl groups excluding tert-OH is 1. The van der Waals surface area contributed by atoms with Gasteiger partial charge in [0.1, 0.15) is 6.10 Å². The Balaban J connectivity index is 0.000000148. The summed E-state index contributed by atoms with van der Waals surface area (Å²) in [5.74, 6) is 5.50. The van der Waals surface area contributed by atoms with Crippen molar-refractivity contribution in [1.82, 2.24) is 4.67 Å². The zero-order valence-corrected chi connectivity index (χ0v) is 79.9. The van der Waals surface area contributed by atoms with Gasteiger partial charge in [-0.25, -0.2) is 9.24 Å². The fourth-order valence-corrected chi connectivity index (χ4v) is 28.2. The van der Waals surface area contributed by atoms with Crippen LogP contribution >= 0.6 is 25.0 Å². The number of esters is 1. The number of fused-ring (bicyclic) bond motifs is 8. The number of carbonyl (C=O) groups excluding carboxylic acids is 1. The summed E-state index contributed by atoms with van der Waals surface area (Å²) in [6, 6.07) is 6.95. The summed E-state index contributed by atoms with van der Waals surface area (Å²) < 4.78 is 145. The van der Waals surface area contributed by atoms with Gasteiger partial charge in [-0.15, -0.1) is 0 Å². The summed E-state index contributed by atoms with van der Waals surface area (Å²) in [5.41, 5.74) is 0. The van der Waals surface area contributed by atoms with Crippen molar-refractivity contribution in [2.45, 2.75) is 423 Å². The second-order valence-electron chi connectivity index (χ2n) is 38.8. The molecule has 29 nitrogen and oxygen atoms in total. The summed E-state index contributed by atoms with van der Waals surface area (Å²) >= 11 is 0. The van der Waals surface area contributed by atoms with Gasteiger partial charge in [-0.1, -0.05) is 27.7 Å². The van der Waals surface area contributed by atoms with Gasteiger partial charge in [0.2, 0.25) is 0 Å². The van der Waals surface area contributed by atoms with Crippen LogP contribution in [0, 0.1) is 105 Å². The summed E-state index contributed by atoms with van der Waals surface area (Å²) in [6.07, 6.45) is 18.3. The van der Waals surface area contributed by atoms with E-state index < -0.39 is 25.0 Å². The van der Waals surface area contributed by atoms with E-state index >= 15 is 0 Å². The molecule has 0 spiro atoms. The number of phosphoric acid groups is 1. The number of methoxy groups -OCH3 is 5. The highest BCUT2D eigenvalue weighted by Gasteiger charge is 2.59. The number of hydrogen-bond donors (Lipinski definition) is 1. The molecule has 8 heterocycles. The van der Waals surface area contributed by atoms with E-state index in [2.05, 4.69) is 121 Å². The molecule has 1 N–H and O–H groups in total. The van der Waals surface area contributed by atoms with E-state index in [4.69, 9.17) is 118 Å². The van der Waals surface area contributed by atoms with Crippen LogP contribution in [-0.4, -0.2) is 254 Å². The van der Waals surface area contributed by atoms with Crippen LogP contribution in [0.25, 0.3) is 0 Å². The Kier molecular flexibility index (Phi) is 38.3. The van der Waals surface area contributed by atoms with Crippen LogP contribution in [0.1, 0.15) is 240 Å². The van der Waals surface area contributed by atoms with E-state index in [1.54, 1.807) is 35.5 Å². The van der Waals surface area contributed by atoms with E-state index in [0.29, 0.717) is 122 Å². The second kappa shape index (κ2) is 46.5. The van der Waals surface area contributed by atoms with Crippen LogP contribution < -0.4 is 0 Å². The molecule has 698 valence electrons. The number of rotatable bonds is 28. The van der Waals surface area contributed by atoms with E-state index in [0.717, 1.165) is 95.3 Å². The van der Waals surface area contributed by atoms with Crippen molar-refractivity contribution in [3.8, 4) is 18.2 Å². The van der Waals surface area contributed by atoms with Gasteiger partial charge < -0.3 is 94.0 Å². The molecule has 16 fully saturated rings. The first-order valence-electron chi connectivity index (χ1n) is 46.3. The highest BCUT2D eigenvalue weighted by Crippen LogP contribution is 2.61. The number of phosphoric ester groups is 1. The molecule has 16 aliphatic rings. The third-order valence-electron chi connectivity index (χ3n) is 29.0. The molecule has 8 aliphatic heterocycles. The molecule has 0 radical (unpaired) electrons. The van der Waals surface area contributed by atoms with Crippen molar-refractivity contribution in [1.29, 1.82) is 15.8 Å². The van der Waals surface area contributed by atoms with Gasteiger partial charge in [0, 0.05) is 104 Å². The Hall–Kier alpha value is -1.89. The topological polar surface area (TPSA) is 332 Å². The first-order chi connectivity index (χ1) is 58.2. The highest BCUT2D eigenvalue weighted by atomic mass is 31.2. The number of ether oxygens (including phenoxy) is 14. The van der Waals surface area contributed by atoms with Gasteiger partial charge in [0.25, 0.3) is 8.53 Å². The summed E-state index contributed by atoms with van der Waals surface area (Å²) in [7, 11) is 1.94. The molecule has 0 aromatic heterocycles. The van der Waals surface area contributed by atoms with Gasteiger partial charge in [-0.3, -0.25) is 18.4 Å². The average molecular weight is 1780 g/mol. The van der Waals surface area contributed by atoms with Crippen molar-refractivity contribution >= 4 is 30.9 Å². The fraction of sp³-hybridized carbons (Fsp3) is 0.956. The minimum Gasteiger partial charge on any atom is -0.462 e. The maximum absolute atomic E-state index is 13.7. The summed E-state index contributed by atoms with van der Waals surface area (Å²) in [5, 5.41) is 36.2. The third kappa shape index (κ3) is 25.1. The monoisotopic (exact) mass is 1780 g/mol. The lowest BCUT2D eigenvalue weighted by Gasteiger charge is -2.37. The Morgan fingerprint density at radius 2 is 0.672 bits per heavy atom. The normalized spacial score (nSPS) is 45.3. The van der Waals surface area contributed by atoms with Crippen molar-refractivity contribution in [2.24, 2.45) is 71.0 Å². The number of carbonyl (C=O) groups is 1. The first-order valence-corrected chi connectivity index (χ1v) is 50.0. The maximum Gasteiger partial charge on any atom is 0.475 e. The molecule has 0 aromatic rings.